The zero-order valence-corrected chi connectivity index (χ0v) is 7.44. The lowest BCUT2D eigenvalue weighted by atomic mass is 10.4. The van der Waals surface area contributed by atoms with Gasteiger partial charge in [-0.2, -0.15) is 0 Å². The Bertz CT molecular complexity index is 131. The Balaban J connectivity index is 3.49. The molecule has 11 heavy (non-hydrogen) atoms. The first kappa shape index (κ1) is 10.6. The molecule has 0 aliphatic heterocycles. The number of esters is 2. The molecule has 0 heterocycles. The van der Waals surface area contributed by atoms with Crippen LogP contribution in [0, 0.1) is 0 Å². The number of hydrogen-bond acceptors (Lipinski definition) is 6. The maximum Gasteiger partial charge on any atom is 0.317 e. The molecule has 6 heteroatoms. The molecule has 0 rings (SSSR count). The fourth-order valence-corrected chi connectivity index (χ4v) is 0.652. The number of ether oxygens (including phenoxy) is 2. The van der Waals surface area contributed by atoms with Crippen LogP contribution in [-0.4, -0.2) is 23.8 Å². The molecule has 64 valence electrons. The van der Waals surface area contributed by atoms with Crippen molar-refractivity contribution in [3.63, 3.8) is 0 Å². The van der Waals surface area contributed by atoms with Gasteiger partial charge < -0.3 is 9.47 Å². The van der Waals surface area contributed by atoms with Gasteiger partial charge in [-0.15, -0.1) is 25.3 Å². The van der Waals surface area contributed by atoms with Crippen LogP contribution in [0.2, 0.25) is 0 Å². The number of carbonyl (C=O) groups excluding carboxylic acids is 2. The summed E-state index contributed by atoms with van der Waals surface area (Å²) in [4.78, 5) is 21.1. The zero-order valence-electron chi connectivity index (χ0n) is 5.65. The molecule has 0 aromatic rings. The summed E-state index contributed by atoms with van der Waals surface area (Å²) in [7, 11) is 0. The Kier molecular flexibility index (Phi) is 6.15. The molecule has 0 N–H and O–H groups in total. The predicted octanol–water partition coefficient (Wildman–Crippen LogP) is 0.237. The summed E-state index contributed by atoms with van der Waals surface area (Å²) in [6.07, 6.45) is -0.388. The van der Waals surface area contributed by atoms with E-state index in [4.69, 9.17) is 0 Å². The van der Waals surface area contributed by atoms with E-state index >= 15 is 0 Å². The lowest BCUT2D eigenvalue weighted by Gasteiger charge is -2.00. The average Bonchev–Trinajstić information content (AvgIpc) is 1.87. The molecule has 0 fully saturated rings. The van der Waals surface area contributed by atoms with Gasteiger partial charge in [-0.25, -0.2) is 0 Å². The van der Waals surface area contributed by atoms with Crippen molar-refractivity contribution in [1.29, 1.82) is 0 Å². The molecule has 4 nitrogen and oxygen atoms in total. The van der Waals surface area contributed by atoms with Gasteiger partial charge in [0.1, 0.15) is 18.3 Å². The molecule has 0 unspecified atom stereocenters. The first-order chi connectivity index (χ1) is 5.20. The maximum atomic E-state index is 10.5. The quantitative estimate of drug-likeness (QED) is 0.293. The highest BCUT2D eigenvalue weighted by atomic mass is 32.1. The summed E-state index contributed by atoms with van der Waals surface area (Å²) in [5.41, 5.74) is 0. The number of carbonyl (C=O) groups is 2. The van der Waals surface area contributed by atoms with E-state index in [2.05, 4.69) is 34.7 Å². The molecular weight excluding hydrogens is 188 g/mol. The van der Waals surface area contributed by atoms with Crippen LogP contribution in [0.15, 0.2) is 0 Å². The summed E-state index contributed by atoms with van der Waals surface area (Å²) >= 11 is 7.25. The number of rotatable bonds is 4. The summed E-state index contributed by atoms with van der Waals surface area (Å²) < 4.78 is 8.72. The van der Waals surface area contributed by atoms with Crippen molar-refractivity contribution in [3.8, 4) is 0 Å². The van der Waals surface area contributed by atoms with Gasteiger partial charge in [0.2, 0.25) is 0 Å². The molecule has 0 aliphatic carbocycles. The summed E-state index contributed by atoms with van der Waals surface area (Å²) in [5, 5.41) is 0. The Hall–Kier alpha value is -0.360. The lowest BCUT2D eigenvalue weighted by Crippen LogP contribution is -2.12. The topological polar surface area (TPSA) is 52.6 Å². The van der Waals surface area contributed by atoms with Gasteiger partial charge in [-0.05, 0) is 0 Å². The van der Waals surface area contributed by atoms with Crippen molar-refractivity contribution >= 4 is 37.2 Å². The van der Waals surface area contributed by atoms with Crippen LogP contribution >= 0.6 is 25.3 Å². The third-order valence-corrected chi connectivity index (χ3v) is 0.998. The predicted molar refractivity (Wildman–Crippen MR) is 44.5 cm³/mol. The van der Waals surface area contributed by atoms with Crippen LogP contribution in [0.5, 0.6) is 0 Å². The van der Waals surface area contributed by atoms with E-state index in [0.29, 0.717) is 0 Å². The molecule has 0 spiro atoms. The highest BCUT2D eigenvalue weighted by Gasteiger charge is 2.09. The van der Waals surface area contributed by atoms with E-state index in [0.717, 1.165) is 0 Å². The van der Waals surface area contributed by atoms with Crippen LogP contribution < -0.4 is 0 Å². The van der Waals surface area contributed by atoms with Crippen LogP contribution in [0.1, 0.15) is 6.42 Å². The van der Waals surface area contributed by atoms with E-state index < -0.39 is 11.9 Å². The Morgan fingerprint density at radius 1 is 1.00 bits per heavy atom. The molecule has 0 saturated heterocycles. The van der Waals surface area contributed by atoms with Crippen molar-refractivity contribution in [2.75, 3.05) is 11.9 Å². The zero-order chi connectivity index (χ0) is 8.69. The standard InChI is InChI=1S/C5H8O4S2/c6-4(8-2-10)1-5(7)9-3-11/h10-11H,1-3H2. The van der Waals surface area contributed by atoms with Crippen molar-refractivity contribution in [1.82, 2.24) is 0 Å². The van der Waals surface area contributed by atoms with E-state index in [-0.39, 0.29) is 18.3 Å². The van der Waals surface area contributed by atoms with Gasteiger partial charge in [0.25, 0.3) is 0 Å². The monoisotopic (exact) mass is 196 g/mol. The summed E-state index contributed by atoms with van der Waals surface area (Å²) in [5.74, 6) is -1.36. The van der Waals surface area contributed by atoms with Gasteiger partial charge in [-0.1, -0.05) is 0 Å². The highest BCUT2D eigenvalue weighted by Crippen LogP contribution is 1.92. The fraction of sp³-hybridized carbons (Fsp3) is 0.600. The van der Waals surface area contributed by atoms with Crippen molar-refractivity contribution in [3.05, 3.63) is 0 Å². The SMILES string of the molecule is O=C(CC(=O)OCS)OCS. The second kappa shape index (κ2) is 6.36. The van der Waals surface area contributed by atoms with Gasteiger partial charge in [0.15, 0.2) is 0 Å². The number of hydrogen-bond donors (Lipinski definition) is 2. The van der Waals surface area contributed by atoms with Crippen LogP contribution in [-0.2, 0) is 19.1 Å². The molecule has 0 amide bonds. The van der Waals surface area contributed by atoms with Crippen molar-refractivity contribution in [2.24, 2.45) is 0 Å². The minimum Gasteiger partial charge on any atom is -0.454 e. The smallest absolute Gasteiger partial charge is 0.317 e. The normalized spacial score (nSPS) is 8.91. The largest absolute Gasteiger partial charge is 0.454 e. The van der Waals surface area contributed by atoms with Crippen LogP contribution in [0.4, 0.5) is 0 Å². The third kappa shape index (κ3) is 6.05. The lowest BCUT2D eigenvalue weighted by molar-refractivity contribution is -0.152. The molecule has 0 saturated carbocycles. The second-order valence-electron chi connectivity index (χ2n) is 1.47. The first-order valence-corrected chi connectivity index (χ1v) is 4.00. The molecule has 0 aromatic heterocycles. The van der Waals surface area contributed by atoms with E-state index in [1.165, 1.54) is 0 Å². The van der Waals surface area contributed by atoms with E-state index in [9.17, 15) is 9.59 Å². The van der Waals surface area contributed by atoms with E-state index in [1.807, 2.05) is 0 Å². The molecule has 0 bridgehead atoms. The van der Waals surface area contributed by atoms with Crippen LogP contribution in [0.3, 0.4) is 0 Å². The van der Waals surface area contributed by atoms with Gasteiger partial charge >= 0.3 is 11.9 Å². The minimum absolute atomic E-state index is 0.0347. The van der Waals surface area contributed by atoms with Gasteiger partial charge in [0, 0.05) is 0 Å². The fourth-order valence-electron chi connectivity index (χ4n) is 0.364. The second-order valence-corrected chi connectivity index (χ2v) is 1.98. The first-order valence-electron chi connectivity index (χ1n) is 2.73. The van der Waals surface area contributed by atoms with E-state index in [1.54, 1.807) is 0 Å². The Morgan fingerprint density at radius 3 is 1.64 bits per heavy atom. The van der Waals surface area contributed by atoms with Crippen LogP contribution in [0.25, 0.3) is 0 Å². The average molecular weight is 196 g/mol. The van der Waals surface area contributed by atoms with Gasteiger partial charge in [0.05, 0.1) is 0 Å². The molecule has 0 aliphatic rings. The maximum absolute atomic E-state index is 10.5. The third-order valence-electron chi connectivity index (χ3n) is 0.740. The Morgan fingerprint density at radius 2 is 1.36 bits per heavy atom. The highest BCUT2D eigenvalue weighted by molar-refractivity contribution is 7.80. The van der Waals surface area contributed by atoms with Crippen molar-refractivity contribution < 1.29 is 19.1 Å². The molecule has 0 aromatic carbocycles. The molecular formula is C5H8O4S2. The summed E-state index contributed by atoms with van der Waals surface area (Å²) in [6.45, 7) is 0. The van der Waals surface area contributed by atoms with Crippen molar-refractivity contribution in [2.45, 2.75) is 6.42 Å². The minimum atomic E-state index is -0.646. The number of thiol groups is 2. The molecule has 0 radical (unpaired) electrons. The Labute approximate surface area is 75.1 Å². The molecule has 0 atom stereocenters. The van der Waals surface area contributed by atoms with Gasteiger partial charge in [-0.3, -0.25) is 9.59 Å². The summed E-state index contributed by atoms with van der Waals surface area (Å²) in [6, 6.07) is 0.